The minimum absolute atomic E-state index is 0.736. The largest absolute Gasteiger partial charge is 0.381 e. The minimum atomic E-state index is 0.736. The van der Waals surface area contributed by atoms with Crippen molar-refractivity contribution in [2.75, 3.05) is 19.8 Å². The lowest BCUT2D eigenvalue weighted by atomic mass is 10.1. The van der Waals surface area contributed by atoms with Crippen molar-refractivity contribution in [1.82, 2.24) is 5.32 Å². The lowest BCUT2D eigenvalue weighted by Crippen LogP contribution is -2.22. The molecule has 1 saturated heterocycles. The molecule has 0 spiro atoms. The number of rotatable bonds is 4. The van der Waals surface area contributed by atoms with Gasteiger partial charge in [0.1, 0.15) is 0 Å². The average Bonchev–Trinajstić information content (AvgIpc) is 2.75. The second-order valence-electron chi connectivity index (χ2n) is 3.44. The fourth-order valence-electron chi connectivity index (χ4n) is 1.56. The first-order valence-electron chi connectivity index (χ1n) is 4.76. The summed E-state index contributed by atoms with van der Waals surface area (Å²) in [5.74, 6) is 0.736. The SMILES string of the molecule is c1csc(CNCC2CCOC2)c1. The van der Waals surface area contributed by atoms with Crippen molar-refractivity contribution in [2.24, 2.45) is 5.92 Å². The molecule has 0 saturated carbocycles. The van der Waals surface area contributed by atoms with E-state index in [9.17, 15) is 0 Å². The molecule has 72 valence electrons. The minimum Gasteiger partial charge on any atom is -0.381 e. The molecule has 1 aromatic rings. The molecule has 1 aliphatic rings. The van der Waals surface area contributed by atoms with Gasteiger partial charge in [-0.1, -0.05) is 6.07 Å². The molecule has 0 bridgehead atoms. The first-order valence-corrected chi connectivity index (χ1v) is 5.64. The molecule has 2 nitrogen and oxygen atoms in total. The molecule has 1 N–H and O–H groups in total. The van der Waals surface area contributed by atoms with Crippen LogP contribution in [0.2, 0.25) is 0 Å². The van der Waals surface area contributed by atoms with E-state index in [0.717, 1.165) is 32.2 Å². The molecule has 3 heteroatoms. The Hall–Kier alpha value is -0.380. The highest BCUT2D eigenvalue weighted by Crippen LogP contribution is 2.12. The Labute approximate surface area is 82.9 Å². The quantitative estimate of drug-likeness (QED) is 0.795. The van der Waals surface area contributed by atoms with E-state index >= 15 is 0 Å². The first-order chi connectivity index (χ1) is 6.45. The maximum absolute atomic E-state index is 5.31. The van der Waals surface area contributed by atoms with E-state index in [-0.39, 0.29) is 0 Å². The third-order valence-electron chi connectivity index (χ3n) is 2.34. The molecule has 0 aliphatic carbocycles. The lowest BCUT2D eigenvalue weighted by molar-refractivity contribution is 0.185. The van der Waals surface area contributed by atoms with Gasteiger partial charge in [0.15, 0.2) is 0 Å². The van der Waals surface area contributed by atoms with Crippen LogP contribution in [0.1, 0.15) is 11.3 Å². The predicted molar refractivity (Wildman–Crippen MR) is 55.0 cm³/mol. The molecule has 1 fully saturated rings. The average molecular weight is 197 g/mol. The first kappa shape index (κ1) is 9.19. The molecular formula is C10H15NOS. The number of ether oxygens (including phenoxy) is 1. The van der Waals surface area contributed by atoms with Gasteiger partial charge in [-0.2, -0.15) is 0 Å². The number of thiophene rings is 1. The Bertz CT molecular complexity index is 229. The highest BCUT2D eigenvalue weighted by atomic mass is 32.1. The molecule has 1 aromatic heterocycles. The monoisotopic (exact) mass is 197 g/mol. The summed E-state index contributed by atoms with van der Waals surface area (Å²) in [6.07, 6.45) is 1.22. The Morgan fingerprint density at radius 1 is 1.62 bits per heavy atom. The highest BCUT2D eigenvalue weighted by molar-refractivity contribution is 7.09. The van der Waals surface area contributed by atoms with Crippen molar-refractivity contribution in [3.8, 4) is 0 Å². The fraction of sp³-hybridized carbons (Fsp3) is 0.600. The van der Waals surface area contributed by atoms with Gasteiger partial charge in [0.2, 0.25) is 0 Å². The van der Waals surface area contributed by atoms with Crippen LogP contribution in [0.3, 0.4) is 0 Å². The molecule has 0 radical (unpaired) electrons. The number of nitrogens with one attached hydrogen (secondary N) is 1. The zero-order valence-corrected chi connectivity index (χ0v) is 8.48. The summed E-state index contributed by atoms with van der Waals surface area (Å²) >= 11 is 1.81. The molecular weight excluding hydrogens is 182 g/mol. The number of hydrogen-bond acceptors (Lipinski definition) is 3. The van der Waals surface area contributed by atoms with E-state index in [4.69, 9.17) is 4.74 Å². The summed E-state index contributed by atoms with van der Waals surface area (Å²) < 4.78 is 5.31. The van der Waals surface area contributed by atoms with Crippen LogP contribution in [-0.4, -0.2) is 19.8 Å². The molecule has 0 amide bonds. The Morgan fingerprint density at radius 3 is 3.31 bits per heavy atom. The topological polar surface area (TPSA) is 21.3 Å². The maximum atomic E-state index is 5.31. The van der Waals surface area contributed by atoms with Crippen molar-refractivity contribution in [2.45, 2.75) is 13.0 Å². The van der Waals surface area contributed by atoms with E-state index < -0.39 is 0 Å². The summed E-state index contributed by atoms with van der Waals surface area (Å²) in [6.45, 7) is 3.99. The van der Waals surface area contributed by atoms with Crippen LogP contribution >= 0.6 is 11.3 Å². The fourth-order valence-corrected chi connectivity index (χ4v) is 2.23. The van der Waals surface area contributed by atoms with Gasteiger partial charge in [-0.05, 0) is 23.8 Å². The highest BCUT2D eigenvalue weighted by Gasteiger charge is 2.14. The molecule has 2 rings (SSSR count). The maximum Gasteiger partial charge on any atom is 0.0507 e. The van der Waals surface area contributed by atoms with E-state index in [1.165, 1.54) is 11.3 Å². The van der Waals surface area contributed by atoms with E-state index in [1.807, 2.05) is 11.3 Å². The van der Waals surface area contributed by atoms with E-state index in [2.05, 4.69) is 22.8 Å². The van der Waals surface area contributed by atoms with Crippen LogP contribution in [-0.2, 0) is 11.3 Å². The van der Waals surface area contributed by atoms with Crippen molar-refractivity contribution < 1.29 is 4.74 Å². The lowest BCUT2D eigenvalue weighted by Gasteiger charge is -2.07. The third kappa shape index (κ3) is 2.79. The van der Waals surface area contributed by atoms with Gasteiger partial charge >= 0.3 is 0 Å². The van der Waals surface area contributed by atoms with Crippen LogP contribution < -0.4 is 5.32 Å². The van der Waals surface area contributed by atoms with Gasteiger partial charge in [0.05, 0.1) is 6.61 Å². The standard InChI is InChI=1S/C10H15NOS/c1-2-10(13-5-1)7-11-6-9-3-4-12-8-9/h1-2,5,9,11H,3-4,6-8H2. The summed E-state index contributed by atoms with van der Waals surface area (Å²) in [5, 5.41) is 5.58. The zero-order chi connectivity index (χ0) is 8.93. The van der Waals surface area contributed by atoms with Crippen LogP contribution in [0, 0.1) is 5.92 Å². The van der Waals surface area contributed by atoms with Gasteiger partial charge < -0.3 is 10.1 Å². The molecule has 1 unspecified atom stereocenters. The van der Waals surface area contributed by atoms with Gasteiger partial charge in [-0.25, -0.2) is 0 Å². The van der Waals surface area contributed by atoms with Crippen LogP contribution in [0.5, 0.6) is 0 Å². The smallest absolute Gasteiger partial charge is 0.0507 e. The normalized spacial score (nSPS) is 22.3. The second kappa shape index (κ2) is 4.74. The van der Waals surface area contributed by atoms with Gasteiger partial charge in [0.25, 0.3) is 0 Å². The molecule has 1 aliphatic heterocycles. The van der Waals surface area contributed by atoms with Gasteiger partial charge in [-0.15, -0.1) is 11.3 Å². The second-order valence-corrected chi connectivity index (χ2v) is 4.47. The molecule has 2 heterocycles. The van der Waals surface area contributed by atoms with E-state index in [0.29, 0.717) is 0 Å². The van der Waals surface area contributed by atoms with Gasteiger partial charge in [0, 0.05) is 24.6 Å². The van der Waals surface area contributed by atoms with Crippen molar-refractivity contribution in [3.05, 3.63) is 22.4 Å². The van der Waals surface area contributed by atoms with Crippen molar-refractivity contribution >= 4 is 11.3 Å². The van der Waals surface area contributed by atoms with Gasteiger partial charge in [-0.3, -0.25) is 0 Å². The van der Waals surface area contributed by atoms with Crippen molar-refractivity contribution in [1.29, 1.82) is 0 Å². The Kier molecular flexibility index (Phi) is 3.35. The van der Waals surface area contributed by atoms with Crippen LogP contribution in [0.15, 0.2) is 17.5 Å². The van der Waals surface area contributed by atoms with E-state index in [1.54, 1.807) is 0 Å². The Morgan fingerprint density at radius 2 is 2.62 bits per heavy atom. The molecule has 13 heavy (non-hydrogen) atoms. The third-order valence-corrected chi connectivity index (χ3v) is 3.21. The predicted octanol–water partition coefficient (Wildman–Crippen LogP) is 1.87. The summed E-state index contributed by atoms with van der Waals surface area (Å²) in [4.78, 5) is 1.42. The zero-order valence-electron chi connectivity index (χ0n) is 7.66. The summed E-state index contributed by atoms with van der Waals surface area (Å²) in [6, 6.07) is 4.27. The number of hydrogen-bond donors (Lipinski definition) is 1. The molecule has 0 aromatic carbocycles. The summed E-state index contributed by atoms with van der Waals surface area (Å²) in [7, 11) is 0. The van der Waals surface area contributed by atoms with Crippen LogP contribution in [0.25, 0.3) is 0 Å². The molecule has 1 atom stereocenters. The van der Waals surface area contributed by atoms with Crippen molar-refractivity contribution in [3.63, 3.8) is 0 Å². The Balaban J connectivity index is 1.63. The summed E-state index contributed by atoms with van der Waals surface area (Å²) in [5.41, 5.74) is 0. The van der Waals surface area contributed by atoms with Crippen LogP contribution in [0.4, 0.5) is 0 Å².